The van der Waals surface area contributed by atoms with Gasteiger partial charge in [0.15, 0.2) is 0 Å². The molecule has 0 fully saturated rings. The second-order valence-electron chi connectivity index (χ2n) is 4.65. The lowest BCUT2D eigenvalue weighted by atomic mass is 10.1. The van der Waals surface area contributed by atoms with Crippen molar-refractivity contribution in [2.24, 2.45) is 0 Å². The molecule has 5 nitrogen and oxygen atoms in total. The summed E-state index contributed by atoms with van der Waals surface area (Å²) < 4.78 is 0. The predicted octanol–water partition coefficient (Wildman–Crippen LogP) is 2.87. The Kier molecular flexibility index (Phi) is 4.75. The number of nitrogens with one attached hydrogen (secondary N) is 1. The first-order valence-corrected chi connectivity index (χ1v) is 6.99. The zero-order valence-electron chi connectivity index (χ0n) is 11.5. The van der Waals surface area contributed by atoms with Crippen LogP contribution < -0.4 is 5.32 Å². The summed E-state index contributed by atoms with van der Waals surface area (Å²) in [7, 11) is 0. The summed E-state index contributed by atoms with van der Waals surface area (Å²) in [5, 5.41) is 12.8. The number of halogens is 1. The highest BCUT2D eigenvalue weighted by atomic mass is 35.5. The van der Waals surface area contributed by atoms with Crippen LogP contribution >= 0.6 is 11.6 Å². The number of amides is 1. The van der Waals surface area contributed by atoms with Gasteiger partial charge in [0.25, 0.3) is 5.91 Å². The van der Waals surface area contributed by atoms with Crippen molar-refractivity contribution < 1.29 is 14.7 Å². The van der Waals surface area contributed by atoms with Crippen LogP contribution in [0.1, 0.15) is 30.1 Å². The van der Waals surface area contributed by atoms with Crippen LogP contribution in [0.4, 0.5) is 0 Å². The molecular formula is C15H15ClN2O3. The molecule has 1 heterocycles. The fourth-order valence-electron chi connectivity index (χ4n) is 2.10. The van der Waals surface area contributed by atoms with Crippen LogP contribution in [-0.2, 0) is 4.79 Å². The SMILES string of the molecule is CCCC(NC(=O)c1ccc(Cl)c2cccnc12)C(=O)O. The molecule has 110 valence electrons. The highest BCUT2D eigenvalue weighted by Gasteiger charge is 2.21. The highest BCUT2D eigenvalue weighted by molar-refractivity contribution is 6.36. The van der Waals surface area contributed by atoms with E-state index in [2.05, 4.69) is 10.3 Å². The number of carbonyl (C=O) groups excluding carboxylic acids is 1. The molecule has 1 unspecified atom stereocenters. The first kappa shape index (κ1) is 15.3. The van der Waals surface area contributed by atoms with Gasteiger partial charge in [-0.3, -0.25) is 9.78 Å². The second-order valence-corrected chi connectivity index (χ2v) is 5.05. The number of fused-ring (bicyclic) bond motifs is 1. The van der Waals surface area contributed by atoms with Gasteiger partial charge < -0.3 is 10.4 Å². The van der Waals surface area contributed by atoms with E-state index in [4.69, 9.17) is 16.7 Å². The number of carbonyl (C=O) groups is 2. The van der Waals surface area contributed by atoms with Crippen molar-refractivity contribution in [2.45, 2.75) is 25.8 Å². The Morgan fingerprint density at radius 2 is 2.14 bits per heavy atom. The molecule has 2 rings (SSSR count). The van der Waals surface area contributed by atoms with Crippen molar-refractivity contribution in [2.75, 3.05) is 0 Å². The molecule has 0 aliphatic carbocycles. The van der Waals surface area contributed by atoms with Gasteiger partial charge in [0.2, 0.25) is 0 Å². The molecule has 0 saturated carbocycles. The van der Waals surface area contributed by atoms with Gasteiger partial charge in [-0.15, -0.1) is 0 Å². The molecular weight excluding hydrogens is 292 g/mol. The molecule has 1 atom stereocenters. The third-order valence-corrected chi connectivity index (χ3v) is 3.47. The van der Waals surface area contributed by atoms with Gasteiger partial charge in [-0.2, -0.15) is 0 Å². The molecule has 6 heteroatoms. The normalized spacial score (nSPS) is 12.1. The van der Waals surface area contributed by atoms with Crippen molar-refractivity contribution in [3.63, 3.8) is 0 Å². The lowest BCUT2D eigenvalue weighted by Gasteiger charge is -2.14. The largest absolute Gasteiger partial charge is 0.480 e. The van der Waals surface area contributed by atoms with Crippen molar-refractivity contribution in [1.29, 1.82) is 0 Å². The fourth-order valence-corrected chi connectivity index (χ4v) is 2.32. The molecule has 1 amide bonds. The maximum atomic E-state index is 12.3. The Morgan fingerprint density at radius 3 is 2.81 bits per heavy atom. The minimum atomic E-state index is -1.04. The van der Waals surface area contributed by atoms with Gasteiger partial charge in [-0.05, 0) is 30.7 Å². The molecule has 1 aromatic heterocycles. The molecule has 0 spiro atoms. The van der Waals surface area contributed by atoms with E-state index in [0.29, 0.717) is 34.3 Å². The maximum absolute atomic E-state index is 12.3. The molecule has 2 N–H and O–H groups in total. The minimum Gasteiger partial charge on any atom is -0.480 e. The van der Waals surface area contributed by atoms with Gasteiger partial charge in [0, 0.05) is 11.6 Å². The Bertz CT molecular complexity index is 688. The summed E-state index contributed by atoms with van der Waals surface area (Å²) in [5.41, 5.74) is 0.778. The molecule has 0 saturated heterocycles. The Balaban J connectivity index is 2.36. The van der Waals surface area contributed by atoms with Crippen molar-refractivity contribution in [3.8, 4) is 0 Å². The summed E-state index contributed by atoms with van der Waals surface area (Å²) in [6, 6.07) is 5.75. The van der Waals surface area contributed by atoms with Gasteiger partial charge in [0.1, 0.15) is 6.04 Å². The average molecular weight is 307 g/mol. The smallest absolute Gasteiger partial charge is 0.326 e. The summed E-state index contributed by atoms with van der Waals surface area (Å²) in [6.45, 7) is 1.86. The van der Waals surface area contributed by atoms with Gasteiger partial charge in [0.05, 0.1) is 16.1 Å². The number of aromatic nitrogens is 1. The molecule has 2 aromatic rings. The van der Waals surface area contributed by atoms with E-state index in [0.717, 1.165) is 0 Å². The number of rotatable bonds is 5. The molecule has 1 aromatic carbocycles. The summed E-state index contributed by atoms with van der Waals surface area (Å²) in [4.78, 5) is 27.6. The van der Waals surface area contributed by atoms with Crippen molar-refractivity contribution in [1.82, 2.24) is 10.3 Å². The van der Waals surface area contributed by atoms with Crippen LogP contribution in [0.5, 0.6) is 0 Å². The van der Waals surface area contributed by atoms with Gasteiger partial charge in [-0.1, -0.05) is 24.9 Å². The zero-order chi connectivity index (χ0) is 15.4. The number of hydrogen-bond acceptors (Lipinski definition) is 3. The lowest BCUT2D eigenvalue weighted by Crippen LogP contribution is -2.40. The van der Waals surface area contributed by atoms with E-state index in [1.165, 1.54) is 0 Å². The molecule has 0 aliphatic heterocycles. The number of carboxylic acid groups (broad SMARTS) is 1. The monoisotopic (exact) mass is 306 g/mol. The van der Waals surface area contributed by atoms with Crippen LogP contribution in [0.2, 0.25) is 5.02 Å². The van der Waals surface area contributed by atoms with E-state index in [9.17, 15) is 9.59 Å². The Labute approximate surface area is 126 Å². The standard InChI is InChI=1S/C15H15ClN2O3/c1-2-4-12(15(20)21)18-14(19)10-6-7-11(16)9-5-3-8-17-13(9)10/h3,5-8,12H,2,4H2,1H3,(H,18,19)(H,20,21). The van der Waals surface area contributed by atoms with Crippen LogP contribution in [0.15, 0.2) is 30.5 Å². The van der Waals surface area contributed by atoms with Crippen LogP contribution in [0, 0.1) is 0 Å². The molecule has 0 radical (unpaired) electrons. The van der Waals surface area contributed by atoms with Crippen LogP contribution in [0.3, 0.4) is 0 Å². The lowest BCUT2D eigenvalue weighted by molar-refractivity contribution is -0.139. The topological polar surface area (TPSA) is 79.3 Å². The summed E-state index contributed by atoms with van der Waals surface area (Å²) >= 11 is 6.07. The highest BCUT2D eigenvalue weighted by Crippen LogP contribution is 2.24. The molecule has 21 heavy (non-hydrogen) atoms. The number of carboxylic acids is 1. The molecule has 0 bridgehead atoms. The maximum Gasteiger partial charge on any atom is 0.326 e. The second kappa shape index (κ2) is 6.54. The number of nitrogens with zero attached hydrogens (tertiary/aromatic N) is 1. The Hall–Kier alpha value is -2.14. The number of pyridine rings is 1. The van der Waals surface area contributed by atoms with E-state index in [1.807, 2.05) is 6.92 Å². The third kappa shape index (κ3) is 3.31. The summed E-state index contributed by atoms with van der Waals surface area (Å²) in [6.07, 6.45) is 2.60. The quantitative estimate of drug-likeness (QED) is 0.890. The average Bonchev–Trinajstić information content (AvgIpc) is 2.47. The number of aliphatic carboxylic acids is 1. The van der Waals surface area contributed by atoms with E-state index in [-0.39, 0.29) is 0 Å². The predicted molar refractivity (Wildman–Crippen MR) is 80.6 cm³/mol. The minimum absolute atomic E-state index is 0.317. The van der Waals surface area contributed by atoms with E-state index < -0.39 is 17.9 Å². The van der Waals surface area contributed by atoms with Crippen LogP contribution in [-0.4, -0.2) is 28.0 Å². The number of hydrogen-bond donors (Lipinski definition) is 2. The third-order valence-electron chi connectivity index (χ3n) is 3.14. The first-order valence-electron chi connectivity index (χ1n) is 6.61. The Morgan fingerprint density at radius 1 is 1.38 bits per heavy atom. The fraction of sp³-hybridized carbons (Fsp3) is 0.267. The number of benzene rings is 1. The first-order chi connectivity index (χ1) is 10.0. The van der Waals surface area contributed by atoms with Gasteiger partial charge in [-0.25, -0.2) is 4.79 Å². The van der Waals surface area contributed by atoms with Gasteiger partial charge >= 0.3 is 5.97 Å². The van der Waals surface area contributed by atoms with Crippen molar-refractivity contribution >= 4 is 34.4 Å². The van der Waals surface area contributed by atoms with E-state index in [1.54, 1.807) is 30.5 Å². The summed E-state index contributed by atoms with van der Waals surface area (Å²) in [5.74, 6) is -1.51. The van der Waals surface area contributed by atoms with Crippen molar-refractivity contribution in [3.05, 3.63) is 41.0 Å². The zero-order valence-corrected chi connectivity index (χ0v) is 12.2. The van der Waals surface area contributed by atoms with Crippen LogP contribution in [0.25, 0.3) is 10.9 Å². The molecule has 0 aliphatic rings. The van der Waals surface area contributed by atoms with E-state index >= 15 is 0 Å².